The Kier molecular flexibility index (Phi) is 8.44. The number of carbonyl (C=O) groups is 3. The van der Waals surface area contributed by atoms with Gasteiger partial charge in [0.05, 0.1) is 7.11 Å². The Labute approximate surface area is 158 Å². The predicted octanol–water partition coefficient (Wildman–Crippen LogP) is 3.06. The molecule has 0 saturated carbocycles. The van der Waals surface area contributed by atoms with Gasteiger partial charge in [-0.25, -0.2) is 9.59 Å². The van der Waals surface area contributed by atoms with Crippen LogP contribution in [0.4, 0.5) is 10.5 Å². The number of anilines is 1. The van der Waals surface area contributed by atoms with Crippen molar-refractivity contribution in [3.05, 3.63) is 29.8 Å². The van der Waals surface area contributed by atoms with Crippen LogP contribution in [0.5, 0.6) is 0 Å². The second kappa shape index (κ2) is 10.1. The second-order valence-electron chi connectivity index (χ2n) is 6.54. The summed E-state index contributed by atoms with van der Waals surface area (Å²) in [5.41, 5.74) is 0.117. The van der Waals surface area contributed by atoms with Crippen LogP contribution in [0.15, 0.2) is 24.3 Å². The Morgan fingerprint density at radius 1 is 1.23 bits per heavy atom. The number of rotatable bonds is 7. The highest BCUT2D eigenvalue weighted by Gasteiger charge is 2.22. The van der Waals surface area contributed by atoms with E-state index in [1.165, 1.54) is 13.2 Å². The minimum Gasteiger partial charge on any atom is -0.467 e. The van der Waals surface area contributed by atoms with E-state index in [4.69, 9.17) is 9.47 Å². The Bertz CT molecular complexity index is 643. The summed E-state index contributed by atoms with van der Waals surface area (Å²) < 4.78 is 9.92. The topological polar surface area (TPSA) is 93.7 Å². The Morgan fingerprint density at radius 2 is 1.92 bits per heavy atom. The van der Waals surface area contributed by atoms with Crippen LogP contribution in [0.3, 0.4) is 0 Å². The van der Waals surface area contributed by atoms with Crippen LogP contribution in [-0.4, -0.2) is 48.7 Å². The fraction of sp³-hybridized carbons (Fsp3) is 0.500. The van der Waals surface area contributed by atoms with Gasteiger partial charge in [0, 0.05) is 11.3 Å². The van der Waals surface area contributed by atoms with Crippen molar-refractivity contribution in [3.63, 3.8) is 0 Å². The summed E-state index contributed by atoms with van der Waals surface area (Å²) >= 11 is 1.57. The summed E-state index contributed by atoms with van der Waals surface area (Å²) in [6.45, 7) is 5.29. The van der Waals surface area contributed by atoms with Gasteiger partial charge in [0.1, 0.15) is 11.6 Å². The van der Waals surface area contributed by atoms with E-state index in [9.17, 15) is 14.4 Å². The summed E-state index contributed by atoms with van der Waals surface area (Å²) in [5, 5.41) is 5.25. The van der Waals surface area contributed by atoms with E-state index in [2.05, 4.69) is 10.6 Å². The lowest BCUT2D eigenvalue weighted by atomic mass is 10.1. The molecule has 7 nitrogen and oxygen atoms in total. The molecule has 1 aromatic rings. The molecule has 0 unspecified atom stereocenters. The van der Waals surface area contributed by atoms with Gasteiger partial charge >= 0.3 is 12.1 Å². The van der Waals surface area contributed by atoms with Crippen molar-refractivity contribution >= 4 is 35.4 Å². The first-order chi connectivity index (χ1) is 12.2. The lowest BCUT2D eigenvalue weighted by Gasteiger charge is -2.20. The van der Waals surface area contributed by atoms with Crippen LogP contribution in [0, 0.1) is 0 Å². The van der Waals surface area contributed by atoms with Crippen molar-refractivity contribution < 1.29 is 23.9 Å². The fourth-order valence-electron chi connectivity index (χ4n) is 2.03. The highest BCUT2D eigenvalue weighted by atomic mass is 32.2. The van der Waals surface area contributed by atoms with E-state index in [0.29, 0.717) is 23.4 Å². The van der Waals surface area contributed by atoms with Gasteiger partial charge in [0.2, 0.25) is 0 Å². The van der Waals surface area contributed by atoms with Gasteiger partial charge in [-0.1, -0.05) is 6.07 Å². The molecule has 0 saturated heterocycles. The van der Waals surface area contributed by atoms with Crippen molar-refractivity contribution in [3.8, 4) is 0 Å². The number of hydrogen-bond donors (Lipinski definition) is 2. The number of hydrogen-bond acceptors (Lipinski definition) is 6. The third-order valence-corrected chi connectivity index (χ3v) is 3.82. The number of benzene rings is 1. The summed E-state index contributed by atoms with van der Waals surface area (Å²) in [6, 6.07) is 5.67. The zero-order valence-electron chi connectivity index (χ0n) is 15.8. The van der Waals surface area contributed by atoms with Crippen molar-refractivity contribution in [1.29, 1.82) is 0 Å². The molecule has 1 atom stereocenters. The third kappa shape index (κ3) is 7.77. The average Bonchev–Trinajstić information content (AvgIpc) is 2.56. The summed E-state index contributed by atoms with van der Waals surface area (Å²) in [4.78, 5) is 36.1. The van der Waals surface area contributed by atoms with Crippen LogP contribution in [0.25, 0.3) is 0 Å². The normalized spacial score (nSPS) is 12.0. The van der Waals surface area contributed by atoms with E-state index in [-0.39, 0.29) is 0 Å². The highest BCUT2D eigenvalue weighted by Crippen LogP contribution is 2.14. The first-order valence-electron chi connectivity index (χ1n) is 8.14. The third-order valence-electron chi connectivity index (χ3n) is 3.17. The number of nitrogens with one attached hydrogen (secondary N) is 2. The standard InChI is InChI=1S/C18H26N2O5S/c1-18(2,3)25-17(23)19-13-8-6-7-12(11-13)15(21)20-14(9-10-26-5)16(22)24-4/h6-8,11,14H,9-10H2,1-5H3,(H,19,23)(H,20,21)/t14-/m1/s1. The Morgan fingerprint density at radius 3 is 2.50 bits per heavy atom. The first-order valence-corrected chi connectivity index (χ1v) is 9.53. The van der Waals surface area contributed by atoms with Crippen molar-refractivity contribution in [2.24, 2.45) is 0 Å². The molecule has 0 spiro atoms. The molecule has 0 aliphatic carbocycles. The minimum absolute atomic E-state index is 0.316. The van der Waals surface area contributed by atoms with Crippen LogP contribution in [0.1, 0.15) is 37.6 Å². The molecule has 0 aliphatic rings. The molecule has 1 rings (SSSR count). The van der Waals surface area contributed by atoms with E-state index in [0.717, 1.165) is 0 Å². The molecule has 0 fully saturated rings. The molecule has 1 aromatic carbocycles. The maximum Gasteiger partial charge on any atom is 0.412 e. The van der Waals surface area contributed by atoms with Gasteiger partial charge in [-0.3, -0.25) is 10.1 Å². The van der Waals surface area contributed by atoms with E-state index in [1.807, 2.05) is 6.26 Å². The zero-order chi connectivity index (χ0) is 19.7. The molecular weight excluding hydrogens is 356 g/mol. The van der Waals surface area contributed by atoms with Gasteiger partial charge in [0.15, 0.2) is 0 Å². The van der Waals surface area contributed by atoms with Gasteiger partial charge < -0.3 is 14.8 Å². The van der Waals surface area contributed by atoms with Gasteiger partial charge in [-0.2, -0.15) is 11.8 Å². The highest BCUT2D eigenvalue weighted by molar-refractivity contribution is 7.98. The molecule has 0 bridgehead atoms. The lowest BCUT2D eigenvalue weighted by Crippen LogP contribution is -2.42. The summed E-state index contributed by atoms with van der Waals surface area (Å²) in [6.07, 6.45) is 1.78. The van der Waals surface area contributed by atoms with Crippen LogP contribution >= 0.6 is 11.8 Å². The minimum atomic E-state index is -0.720. The molecule has 2 N–H and O–H groups in total. The smallest absolute Gasteiger partial charge is 0.412 e. The quantitative estimate of drug-likeness (QED) is 0.704. The molecule has 2 amide bonds. The SMILES string of the molecule is COC(=O)[C@@H](CCSC)NC(=O)c1cccc(NC(=O)OC(C)(C)C)c1. The first kappa shape index (κ1) is 21.8. The van der Waals surface area contributed by atoms with Gasteiger partial charge in [-0.15, -0.1) is 0 Å². The largest absolute Gasteiger partial charge is 0.467 e. The maximum absolute atomic E-state index is 12.4. The fourth-order valence-corrected chi connectivity index (χ4v) is 2.50. The molecular formula is C18H26N2O5S. The van der Waals surface area contributed by atoms with E-state index in [1.54, 1.807) is 50.7 Å². The van der Waals surface area contributed by atoms with Gasteiger partial charge in [-0.05, 0) is 57.4 Å². The predicted molar refractivity (Wildman–Crippen MR) is 103 cm³/mol. The summed E-state index contributed by atoms with van der Waals surface area (Å²) in [5.74, 6) is -0.204. The maximum atomic E-state index is 12.4. The number of methoxy groups -OCH3 is 1. The Balaban J connectivity index is 2.80. The van der Waals surface area contributed by atoms with Crippen LogP contribution in [-0.2, 0) is 14.3 Å². The number of amides is 2. The van der Waals surface area contributed by atoms with Crippen LogP contribution in [0.2, 0.25) is 0 Å². The number of esters is 1. The van der Waals surface area contributed by atoms with Gasteiger partial charge in [0.25, 0.3) is 5.91 Å². The number of ether oxygens (including phenoxy) is 2. The zero-order valence-corrected chi connectivity index (χ0v) is 16.6. The average molecular weight is 382 g/mol. The second-order valence-corrected chi connectivity index (χ2v) is 7.52. The Hall–Kier alpha value is -2.22. The van der Waals surface area contributed by atoms with Crippen molar-refractivity contribution in [2.75, 3.05) is 24.4 Å². The van der Waals surface area contributed by atoms with Crippen molar-refractivity contribution in [1.82, 2.24) is 5.32 Å². The molecule has 144 valence electrons. The molecule has 26 heavy (non-hydrogen) atoms. The van der Waals surface area contributed by atoms with E-state index < -0.39 is 29.6 Å². The molecule has 0 aliphatic heterocycles. The monoisotopic (exact) mass is 382 g/mol. The van der Waals surface area contributed by atoms with E-state index >= 15 is 0 Å². The lowest BCUT2D eigenvalue weighted by molar-refractivity contribution is -0.142. The van der Waals surface area contributed by atoms with Crippen LogP contribution < -0.4 is 10.6 Å². The van der Waals surface area contributed by atoms with Crippen molar-refractivity contribution in [2.45, 2.75) is 38.8 Å². The molecule has 0 heterocycles. The molecule has 0 radical (unpaired) electrons. The number of thioether (sulfide) groups is 1. The molecule has 8 heteroatoms. The summed E-state index contributed by atoms with van der Waals surface area (Å²) in [7, 11) is 1.28. The molecule has 0 aromatic heterocycles. The number of carbonyl (C=O) groups excluding carboxylic acids is 3.